The van der Waals surface area contributed by atoms with E-state index in [0.29, 0.717) is 0 Å². The maximum Gasteiger partial charge on any atom is 0.319 e. The zero-order valence-electron chi connectivity index (χ0n) is 11.6. The lowest BCUT2D eigenvalue weighted by atomic mass is 9.93. The van der Waals surface area contributed by atoms with E-state index >= 15 is 0 Å². The first-order valence-corrected chi connectivity index (χ1v) is 7.44. The molecule has 0 spiro atoms. The van der Waals surface area contributed by atoms with Gasteiger partial charge in [0, 0.05) is 26.2 Å². The molecule has 2 amide bonds. The average molecular weight is 253 g/mol. The van der Waals surface area contributed by atoms with Gasteiger partial charge in [0.25, 0.3) is 0 Å². The van der Waals surface area contributed by atoms with Crippen molar-refractivity contribution in [2.75, 3.05) is 32.7 Å². The Morgan fingerprint density at radius 2 is 1.56 bits per heavy atom. The highest BCUT2D eigenvalue weighted by Crippen LogP contribution is 2.22. The second kappa shape index (κ2) is 6.41. The molecular weight excluding hydrogens is 226 g/mol. The molecule has 0 atom stereocenters. The maximum absolute atomic E-state index is 12.4. The number of likely N-dealkylation sites (tertiary alicyclic amines) is 2. The highest BCUT2D eigenvalue weighted by molar-refractivity contribution is 5.74. The van der Waals surface area contributed by atoms with Gasteiger partial charge in [0.1, 0.15) is 0 Å². The van der Waals surface area contributed by atoms with Gasteiger partial charge in [0.2, 0.25) is 0 Å². The third-order valence-electron chi connectivity index (χ3n) is 4.51. The second-order valence-corrected chi connectivity index (χ2v) is 5.96. The highest BCUT2D eigenvalue weighted by Gasteiger charge is 2.27. The molecule has 0 unspecified atom stereocenters. The first-order valence-electron chi connectivity index (χ1n) is 7.44. The van der Waals surface area contributed by atoms with Crippen molar-refractivity contribution in [2.24, 2.45) is 17.6 Å². The minimum absolute atomic E-state index is 0.271. The molecule has 0 bridgehead atoms. The fourth-order valence-corrected chi connectivity index (χ4v) is 3.05. The van der Waals surface area contributed by atoms with Crippen LogP contribution in [-0.4, -0.2) is 48.6 Å². The van der Waals surface area contributed by atoms with Crippen LogP contribution in [0.25, 0.3) is 0 Å². The quantitative estimate of drug-likeness (QED) is 0.817. The van der Waals surface area contributed by atoms with E-state index in [1.54, 1.807) is 0 Å². The fourth-order valence-electron chi connectivity index (χ4n) is 3.05. The average Bonchev–Trinajstić information content (AvgIpc) is 2.40. The summed E-state index contributed by atoms with van der Waals surface area (Å²) in [6, 6.07) is 0.271. The number of amides is 2. The first-order chi connectivity index (χ1) is 8.70. The first kappa shape index (κ1) is 13.7. The van der Waals surface area contributed by atoms with Crippen LogP contribution >= 0.6 is 0 Å². The summed E-state index contributed by atoms with van der Waals surface area (Å²) in [4.78, 5) is 16.4. The number of rotatable bonds is 2. The number of hydrogen-bond acceptors (Lipinski definition) is 2. The Morgan fingerprint density at radius 3 is 2.06 bits per heavy atom. The molecule has 0 aromatic rings. The molecule has 2 aliphatic rings. The summed E-state index contributed by atoms with van der Waals surface area (Å²) in [5, 5.41) is 0. The topological polar surface area (TPSA) is 49.6 Å². The Hall–Kier alpha value is -0.770. The van der Waals surface area contributed by atoms with Gasteiger partial charge in [-0.05, 0) is 50.5 Å². The molecule has 2 N–H and O–H groups in total. The van der Waals surface area contributed by atoms with Crippen molar-refractivity contribution in [3.8, 4) is 0 Å². The molecule has 2 rings (SSSR count). The highest BCUT2D eigenvalue weighted by atomic mass is 16.2. The van der Waals surface area contributed by atoms with Crippen LogP contribution in [0.1, 0.15) is 39.0 Å². The van der Waals surface area contributed by atoms with Gasteiger partial charge in [-0.1, -0.05) is 6.92 Å². The summed E-state index contributed by atoms with van der Waals surface area (Å²) in [6.07, 6.45) is 5.70. The van der Waals surface area contributed by atoms with Crippen LogP contribution in [-0.2, 0) is 0 Å². The van der Waals surface area contributed by atoms with Gasteiger partial charge in [-0.25, -0.2) is 4.79 Å². The van der Waals surface area contributed by atoms with Gasteiger partial charge in [0.15, 0.2) is 0 Å². The van der Waals surface area contributed by atoms with Gasteiger partial charge in [-0.3, -0.25) is 0 Å². The normalized spacial score (nSPS) is 23.4. The van der Waals surface area contributed by atoms with Crippen molar-refractivity contribution in [1.82, 2.24) is 9.80 Å². The van der Waals surface area contributed by atoms with Crippen molar-refractivity contribution in [3.05, 3.63) is 0 Å². The summed E-state index contributed by atoms with van der Waals surface area (Å²) >= 11 is 0. The van der Waals surface area contributed by atoms with E-state index in [0.717, 1.165) is 76.7 Å². The smallest absolute Gasteiger partial charge is 0.319 e. The minimum atomic E-state index is 0.271. The number of nitrogens with zero attached hydrogens (tertiary/aromatic N) is 2. The van der Waals surface area contributed by atoms with Crippen LogP contribution in [0.4, 0.5) is 4.79 Å². The van der Waals surface area contributed by atoms with E-state index in [9.17, 15) is 4.79 Å². The number of carbonyl (C=O) groups excluding carboxylic acids is 1. The lowest BCUT2D eigenvalue weighted by molar-refractivity contribution is 0.117. The number of hydrogen-bond donors (Lipinski definition) is 1. The third kappa shape index (κ3) is 3.37. The van der Waals surface area contributed by atoms with Crippen molar-refractivity contribution in [3.63, 3.8) is 0 Å². The molecule has 18 heavy (non-hydrogen) atoms. The van der Waals surface area contributed by atoms with E-state index in [1.165, 1.54) is 0 Å². The third-order valence-corrected chi connectivity index (χ3v) is 4.51. The zero-order valence-corrected chi connectivity index (χ0v) is 11.6. The van der Waals surface area contributed by atoms with Gasteiger partial charge in [-0.15, -0.1) is 0 Å². The van der Waals surface area contributed by atoms with Gasteiger partial charge >= 0.3 is 6.03 Å². The molecule has 0 saturated carbocycles. The molecule has 2 saturated heterocycles. The molecule has 0 aromatic heterocycles. The Bertz CT molecular complexity index is 266. The van der Waals surface area contributed by atoms with Crippen molar-refractivity contribution < 1.29 is 4.79 Å². The molecule has 2 fully saturated rings. The Kier molecular flexibility index (Phi) is 4.87. The predicted octanol–water partition coefficient (Wildman–Crippen LogP) is 1.90. The van der Waals surface area contributed by atoms with Crippen LogP contribution in [0.2, 0.25) is 0 Å². The van der Waals surface area contributed by atoms with Gasteiger partial charge in [0.05, 0.1) is 0 Å². The minimum Gasteiger partial charge on any atom is -0.330 e. The van der Waals surface area contributed by atoms with Crippen LogP contribution in [0.5, 0.6) is 0 Å². The summed E-state index contributed by atoms with van der Waals surface area (Å²) in [7, 11) is 0. The van der Waals surface area contributed by atoms with Gasteiger partial charge < -0.3 is 15.5 Å². The number of urea groups is 1. The lowest BCUT2D eigenvalue weighted by Crippen LogP contribution is -2.49. The summed E-state index contributed by atoms with van der Waals surface area (Å²) in [6.45, 7) is 6.80. The number of piperidine rings is 2. The van der Waals surface area contributed by atoms with Gasteiger partial charge in [-0.2, -0.15) is 0 Å². The molecule has 4 heteroatoms. The zero-order chi connectivity index (χ0) is 13.0. The summed E-state index contributed by atoms with van der Waals surface area (Å²) in [5.74, 6) is 1.52. The lowest BCUT2D eigenvalue weighted by Gasteiger charge is -2.38. The monoisotopic (exact) mass is 253 g/mol. The standard InChI is InChI=1S/C14H27N3O/c1-12-3-8-16(9-4-12)14(18)17-10-5-13(2-7-15)6-11-17/h12-13H,2-11,15H2,1H3. The van der Waals surface area contributed by atoms with Crippen molar-refractivity contribution >= 4 is 6.03 Å². The van der Waals surface area contributed by atoms with Crippen molar-refractivity contribution in [2.45, 2.75) is 39.0 Å². The molecule has 4 nitrogen and oxygen atoms in total. The van der Waals surface area contributed by atoms with Crippen molar-refractivity contribution in [1.29, 1.82) is 0 Å². The largest absolute Gasteiger partial charge is 0.330 e. The second-order valence-electron chi connectivity index (χ2n) is 5.96. The van der Waals surface area contributed by atoms with Crippen LogP contribution in [0.3, 0.4) is 0 Å². The summed E-state index contributed by atoms with van der Waals surface area (Å²) in [5.41, 5.74) is 5.59. The number of nitrogens with two attached hydrogens (primary N) is 1. The molecule has 2 aliphatic heterocycles. The molecule has 0 radical (unpaired) electrons. The Labute approximate surface area is 110 Å². The SMILES string of the molecule is CC1CCN(C(=O)N2CCC(CCN)CC2)CC1. The Balaban J connectivity index is 1.77. The van der Waals surface area contributed by atoms with E-state index < -0.39 is 0 Å². The molecule has 0 aliphatic carbocycles. The van der Waals surface area contributed by atoms with Crippen LogP contribution in [0, 0.1) is 11.8 Å². The van der Waals surface area contributed by atoms with E-state index in [4.69, 9.17) is 5.73 Å². The maximum atomic E-state index is 12.4. The molecular formula is C14H27N3O. The van der Waals surface area contributed by atoms with E-state index in [-0.39, 0.29) is 6.03 Å². The fraction of sp³-hybridized carbons (Fsp3) is 0.929. The number of carbonyl (C=O) groups is 1. The molecule has 2 heterocycles. The van der Waals surface area contributed by atoms with E-state index in [1.807, 2.05) is 9.80 Å². The Morgan fingerprint density at radius 1 is 1.06 bits per heavy atom. The van der Waals surface area contributed by atoms with Crippen LogP contribution < -0.4 is 5.73 Å². The summed E-state index contributed by atoms with van der Waals surface area (Å²) < 4.78 is 0. The molecule has 104 valence electrons. The predicted molar refractivity (Wildman–Crippen MR) is 73.3 cm³/mol. The molecule has 0 aromatic carbocycles. The van der Waals surface area contributed by atoms with E-state index in [2.05, 4.69) is 6.92 Å². The van der Waals surface area contributed by atoms with Crippen LogP contribution in [0.15, 0.2) is 0 Å².